The Morgan fingerprint density at radius 3 is 0.700 bits per heavy atom. The van der Waals surface area contributed by atoms with Crippen molar-refractivity contribution in [3.63, 3.8) is 0 Å². The lowest BCUT2D eigenvalue weighted by Crippen LogP contribution is -2.08. The summed E-state index contributed by atoms with van der Waals surface area (Å²) in [6.07, 6.45) is -0.103. The first-order valence-electron chi connectivity index (χ1n) is 29.4. The van der Waals surface area contributed by atoms with Crippen LogP contribution in [0.15, 0.2) is 218 Å². The third-order valence-corrected chi connectivity index (χ3v) is 14.8. The topological polar surface area (TPSA) is 206 Å². The van der Waals surface area contributed by atoms with E-state index in [0.717, 1.165) is 98.0 Å². The third kappa shape index (κ3) is 14.6. The van der Waals surface area contributed by atoms with Crippen molar-refractivity contribution < 1.29 is 72.7 Å². The molecule has 0 aromatic heterocycles. The van der Waals surface area contributed by atoms with Crippen LogP contribution in [0.4, 0.5) is 0 Å². The maximum atomic E-state index is 11.0. The zero-order chi connectivity index (χ0) is 62.4. The normalized spacial score (nSPS) is 10.9. The van der Waals surface area contributed by atoms with Gasteiger partial charge in [0.05, 0.1) is 32.8 Å². The van der Waals surface area contributed by atoms with Crippen molar-refractivity contribution in [3.8, 4) is 67.9 Å². The number of aliphatic hydroxyl groups excluding tert-OH is 3. The maximum absolute atomic E-state index is 11.0. The summed E-state index contributed by atoms with van der Waals surface area (Å²) in [6.45, 7) is 2.01. The molecule has 0 aliphatic rings. The van der Waals surface area contributed by atoms with Gasteiger partial charge in [-0.2, -0.15) is 0 Å². The molecule has 0 fully saturated rings. The standard InChI is InChI=1S/C26H22O6.C25H22O5.C24H22O4/c27-17-30-15-16-32-23-12-10-19-6-2-4-8-21(19)26(23)25-20-7-3-1-5-18(20)9-11-22(25)31-14-13-24(28)29;26-13-14-29-22-11-9-18-5-1-3-7-20(18)24(22)25-21-8-4-2-6-19(21)10-12-23(25)30-16-15-28-17-27;25-13-15-27-21-11-9-17-5-1-3-7-19(17)23(21)24-20-8-4-2-6-18(20)10-12-22(24)28-16-14-26/h1-12,17H,13-16H2,(H,28,29);1-12,17,26H,13-16H2;1-12,25-26H,13-16H2. The Kier molecular flexibility index (Phi) is 21.7. The number of carboxylic acid groups (broad SMARTS) is 1. The van der Waals surface area contributed by atoms with E-state index in [4.69, 9.17) is 43.0 Å². The predicted octanol–water partition coefficient (Wildman–Crippen LogP) is 14.1. The number of aliphatic carboxylic acids is 1. The summed E-state index contributed by atoms with van der Waals surface area (Å²) in [6, 6.07) is 71.8. The van der Waals surface area contributed by atoms with Crippen molar-refractivity contribution in [2.75, 3.05) is 72.7 Å². The minimum absolute atomic E-state index is 0.0504. The lowest BCUT2D eigenvalue weighted by Gasteiger charge is -2.19. The van der Waals surface area contributed by atoms with Gasteiger partial charge in [-0.15, -0.1) is 0 Å². The van der Waals surface area contributed by atoms with Gasteiger partial charge in [0.1, 0.15) is 80.7 Å². The molecule has 0 atom stereocenters. The van der Waals surface area contributed by atoms with Gasteiger partial charge in [-0.1, -0.05) is 182 Å². The summed E-state index contributed by atoms with van der Waals surface area (Å²) in [5.41, 5.74) is 5.34. The van der Waals surface area contributed by atoms with E-state index in [-0.39, 0.29) is 79.1 Å². The van der Waals surface area contributed by atoms with Crippen LogP contribution in [0.2, 0.25) is 0 Å². The van der Waals surface area contributed by atoms with E-state index in [2.05, 4.69) is 48.5 Å². The van der Waals surface area contributed by atoms with E-state index in [1.807, 2.05) is 170 Å². The van der Waals surface area contributed by atoms with Crippen molar-refractivity contribution in [1.82, 2.24) is 0 Å². The van der Waals surface area contributed by atoms with Crippen LogP contribution in [0.25, 0.3) is 98.0 Å². The van der Waals surface area contributed by atoms with Gasteiger partial charge in [0, 0.05) is 33.4 Å². The number of aliphatic hydroxyl groups is 3. The molecule has 0 saturated carbocycles. The van der Waals surface area contributed by atoms with Crippen molar-refractivity contribution in [2.24, 2.45) is 0 Å². The Balaban J connectivity index is 0.000000149. The van der Waals surface area contributed by atoms with E-state index in [9.17, 15) is 29.7 Å². The molecule has 0 aliphatic heterocycles. The Hall–Kier alpha value is -10.7. The molecule has 15 nitrogen and oxygen atoms in total. The highest BCUT2D eigenvalue weighted by atomic mass is 16.6. The van der Waals surface area contributed by atoms with Gasteiger partial charge in [-0.25, -0.2) is 0 Å². The van der Waals surface area contributed by atoms with Crippen LogP contribution in [0.5, 0.6) is 34.5 Å². The first-order chi connectivity index (χ1) is 44.3. The molecule has 0 unspecified atom stereocenters. The average Bonchev–Trinajstić information content (AvgIpc) is 0.897. The molecule has 0 radical (unpaired) electrons. The van der Waals surface area contributed by atoms with E-state index in [0.29, 0.717) is 47.4 Å². The van der Waals surface area contributed by atoms with Crippen LogP contribution in [-0.4, -0.2) is 112 Å². The summed E-state index contributed by atoms with van der Waals surface area (Å²) >= 11 is 0. The second kappa shape index (κ2) is 31.3. The highest BCUT2D eigenvalue weighted by molar-refractivity contribution is 6.12. The molecule has 12 rings (SSSR count). The number of rotatable bonds is 26. The molecule has 12 aromatic rings. The first kappa shape index (κ1) is 62.3. The maximum Gasteiger partial charge on any atom is 0.306 e. The van der Waals surface area contributed by atoms with Crippen molar-refractivity contribution in [3.05, 3.63) is 218 Å². The molecule has 90 heavy (non-hydrogen) atoms. The molecule has 0 spiro atoms. The molecular weight excluding hydrogens is 1140 g/mol. The molecule has 4 N–H and O–H groups in total. The molecule has 12 aromatic carbocycles. The molecule has 0 bridgehead atoms. The van der Waals surface area contributed by atoms with E-state index in [1.54, 1.807) is 0 Å². The number of ether oxygens (including phenoxy) is 8. The van der Waals surface area contributed by atoms with Crippen LogP contribution >= 0.6 is 0 Å². The van der Waals surface area contributed by atoms with Crippen molar-refractivity contribution in [2.45, 2.75) is 6.42 Å². The van der Waals surface area contributed by atoms with Gasteiger partial charge >= 0.3 is 5.97 Å². The smallest absolute Gasteiger partial charge is 0.306 e. The van der Waals surface area contributed by atoms with Crippen LogP contribution in [0.1, 0.15) is 6.42 Å². The van der Waals surface area contributed by atoms with Gasteiger partial charge in [0.2, 0.25) is 0 Å². The average molecular weight is 1210 g/mol. The molecule has 0 amide bonds. The predicted molar refractivity (Wildman–Crippen MR) is 351 cm³/mol. The van der Waals surface area contributed by atoms with Crippen molar-refractivity contribution >= 4 is 83.5 Å². The van der Waals surface area contributed by atoms with Crippen LogP contribution in [-0.2, 0) is 23.9 Å². The monoisotopic (exact) mass is 1210 g/mol. The number of benzene rings is 12. The van der Waals surface area contributed by atoms with Gasteiger partial charge < -0.3 is 58.3 Å². The summed E-state index contributed by atoms with van der Waals surface area (Å²) in [5.74, 6) is 3.02. The quantitative estimate of drug-likeness (QED) is 0.0294. The lowest BCUT2D eigenvalue weighted by molar-refractivity contribution is -0.137. The summed E-state index contributed by atoms with van der Waals surface area (Å²) < 4.78 is 45.3. The van der Waals surface area contributed by atoms with Gasteiger partial charge in [0.25, 0.3) is 12.9 Å². The SMILES string of the molecule is O=COCCOc1ccc2ccccc2c1-c1c(OCCC(=O)O)ccc2ccccc12.O=COCCOc1ccc2ccccc2c1-c1c(OCCO)ccc2ccccc12.OCCOc1ccc2ccccc2c1-c1c(OCCO)ccc2ccccc12. The zero-order valence-corrected chi connectivity index (χ0v) is 49.2. The summed E-state index contributed by atoms with van der Waals surface area (Å²) in [7, 11) is 0. The van der Waals surface area contributed by atoms with Gasteiger partial charge in [0.15, 0.2) is 0 Å². The third-order valence-electron chi connectivity index (χ3n) is 14.8. The van der Waals surface area contributed by atoms with E-state index >= 15 is 0 Å². The fraction of sp³-hybridized carbons (Fsp3) is 0.160. The fourth-order valence-corrected chi connectivity index (χ4v) is 11.0. The highest BCUT2D eigenvalue weighted by Crippen LogP contribution is 2.49. The summed E-state index contributed by atoms with van der Waals surface area (Å²) in [4.78, 5) is 32.0. The number of carboxylic acids is 1. The Morgan fingerprint density at radius 1 is 0.278 bits per heavy atom. The van der Waals surface area contributed by atoms with E-state index in [1.165, 1.54) is 0 Å². The second-order valence-electron chi connectivity index (χ2n) is 20.3. The molecule has 0 aliphatic carbocycles. The lowest BCUT2D eigenvalue weighted by atomic mass is 9.92. The number of fused-ring (bicyclic) bond motifs is 6. The van der Waals surface area contributed by atoms with Gasteiger partial charge in [-0.05, 0) is 101 Å². The fourth-order valence-electron chi connectivity index (χ4n) is 11.0. The van der Waals surface area contributed by atoms with Crippen LogP contribution in [0, 0.1) is 0 Å². The first-order valence-corrected chi connectivity index (χ1v) is 29.4. The molecule has 15 heteroatoms. The van der Waals surface area contributed by atoms with Crippen LogP contribution in [0.3, 0.4) is 0 Å². The number of carbonyl (C=O) groups is 3. The Bertz CT molecular complexity index is 4340. The Morgan fingerprint density at radius 2 is 0.489 bits per heavy atom. The largest absolute Gasteiger partial charge is 0.492 e. The number of hydrogen-bond donors (Lipinski definition) is 4. The number of hydrogen-bond acceptors (Lipinski definition) is 14. The molecule has 456 valence electrons. The zero-order valence-electron chi connectivity index (χ0n) is 49.2. The Labute approximate surface area is 519 Å². The molecular formula is C75H66O15. The highest BCUT2D eigenvalue weighted by Gasteiger charge is 2.23. The van der Waals surface area contributed by atoms with Crippen LogP contribution < -0.4 is 28.4 Å². The number of carbonyl (C=O) groups excluding carboxylic acids is 2. The summed E-state index contributed by atoms with van der Waals surface area (Å²) in [5, 5.41) is 49.3. The second-order valence-corrected chi connectivity index (χ2v) is 20.3. The van der Waals surface area contributed by atoms with E-state index < -0.39 is 5.97 Å². The minimum Gasteiger partial charge on any atom is -0.492 e. The van der Waals surface area contributed by atoms with Crippen molar-refractivity contribution in [1.29, 1.82) is 0 Å². The van der Waals surface area contributed by atoms with Gasteiger partial charge in [-0.3, -0.25) is 14.4 Å². The molecule has 0 saturated heterocycles. The minimum atomic E-state index is -0.920. The molecule has 0 heterocycles.